The zero-order valence-electron chi connectivity index (χ0n) is 10.9. The number of rotatable bonds is 5. The quantitative estimate of drug-likeness (QED) is 0.867. The molecule has 0 radical (unpaired) electrons. The van der Waals surface area contributed by atoms with Crippen molar-refractivity contribution in [3.8, 4) is 0 Å². The Morgan fingerprint density at radius 3 is 2.89 bits per heavy atom. The second-order valence-corrected chi connectivity index (χ2v) is 4.94. The number of carbonyl (C=O) groups excluding carboxylic acids is 1. The number of nitrogens with one attached hydrogen (secondary N) is 1. The molecule has 0 bridgehead atoms. The summed E-state index contributed by atoms with van der Waals surface area (Å²) in [5.74, 6) is 0.0491. The molecule has 98 valence electrons. The Balaban J connectivity index is 1.71. The van der Waals surface area contributed by atoms with Crippen molar-refractivity contribution >= 4 is 5.91 Å². The van der Waals surface area contributed by atoms with Crippen LogP contribution in [-0.4, -0.2) is 24.7 Å². The van der Waals surface area contributed by atoms with E-state index in [0.29, 0.717) is 0 Å². The lowest BCUT2D eigenvalue weighted by Gasteiger charge is -2.16. The molecule has 0 aliphatic carbocycles. The average Bonchev–Trinajstić information content (AvgIpc) is 2.91. The Bertz CT molecular complexity index is 371. The third kappa shape index (κ3) is 3.84. The van der Waals surface area contributed by atoms with Crippen molar-refractivity contribution < 1.29 is 9.53 Å². The van der Waals surface area contributed by atoms with Crippen LogP contribution in [0.15, 0.2) is 30.3 Å². The van der Waals surface area contributed by atoms with E-state index in [0.717, 1.165) is 32.3 Å². The lowest BCUT2D eigenvalue weighted by molar-refractivity contribution is -0.130. The molecule has 0 aromatic heterocycles. The fourth-order valence-corrected chi connectivity index (χ4v) is 2.22. The van der Waals surface area contributed by atoms with Gasteiger partial charge in [-0.05, 0) is 38.2 Å². The Kier molecular flexibility index (Phi) is 4.76. The molecule has 3 nitrogen and oxygen atoms in total. The van der Waals surface area contributed by atoms with Gasteiger partial charge in [0, 0.05) is 12.6 Å². The first kappa shape index (κ1) is 13.1. The molecule has 0 spiro atoms. The molecule has 18 heavy (non-hydrogen) atoms. The number of amides is 1. The third-order valence-electron chi connectivity index (χ3n) is 3.32. The van der Waals surface area contributed by atoms with Crippen molar-refractivity contribution in [3.63, 3.8) is 0 Å². The second-order valence-electron chi connectivity index (χ2n) is 4.94. The van der Waals surface area contributed by atoms with Crippen LogP contribution in [0.4, 0.5) is 0 Å². The topological polar surface area (TPSA) is 38.3 Å². The smallest absolute Gasteiger partial charge is 0.249 e. The first-order valence-electron chi connectivity index (χ1n) is 6.71. The zero-order valence-corrected chi connectivity index (χ0v) is 10.9. The molecule has 2 atom stereocenters. The molecular formula is C15H21NO2. The van der Waals surface area contributed by atoms with Crippen molar-refractivity contribution in [1.29, 1.82) is 0 Å². The maximum absolute atomic E-state index is 11.8. The molecule has 2 rings (SSSR count). The van der Waals surface area contributed by atoms with Gasteiger partial charge in [0.15, 0.2) is 0 Å². The van der Waals surface area contributed by atoms with E-state index in [9.17, 15) is 4.79 Å². The van der Waals surface area contributed by atoms with E-state index in [-0.39, 0.29) is 18.1 Å². The average molecular weight is 247 g/mol. The minimum atomic E-state index is -0.218. The normalized spacial score (nSPS) is 20.6. The number of carbonyl (C=O) groups is 1. The van der Waals surface area contributed by atoms with Gasteiger partial charge in [-0.15, -0.1) is 0 Å². The molecule has 3 heteroatoms. The van der Waals surface area contributed by atoms with Crippen molar-refractivity contribution in [3.05, 3.63) is 35.9 Å². The molecule has 0 saturated carbocycles. The van der Waals surface area contributed by atoms with Crippen molar-refractivity contribution in [1.82, 2.24) is 5.32 Å². The number of benzene rings is 1. The molecule has 1 aliphatic heterocycles. The molecule has 1 N–H and O–H groups in total. The first-order chi connectivity index (χ1) is 8.75. The fourth-order valence-electron chi connectivity index (χ4n) is 2.22. The van der Waals surface area contributed by atoms with E-state index in [1.807, 2.05) is 18.2 Å². The molecule has 1 heterocycles. The summed E-state index contributed by atoms with van der Waals surface area (Å²) in [6.07, 6.45) is 3.59. The summed E-state index contributed by atoms with van der Waals surface area (Å²) in [5, 5.41) is 3.03. The van der Waals surface area contributed by atoms with Gasteiger partial charge in [-0.2, -0.15) is 0 Å². The SMILES string of the molecule is C[C@H](CCc1ccccc1)NC(=O)[C@H]1CCCO1. The van der Waals surface area contributed by atoms with Crippen molar-refractivity contribution in [2.24, 2.45) is 0 Å². The highest BCUT2D eigenvalue weighted by Crippen LogP contribution is 2.12. The van der Waals surface area contributed by atoms with E-state index in [2.05, 4.69) is 24.4 Å². The molecule has 1 aliphatic rings. The van der Waals surface area contributed by atoms with Crippen LogP contribution in [0.1, 0.15) is 31.7 Å². The molecule has 1 fully saturated rings. The maximum Gasteiger partial charge on any atom is 0.249 e. The van der Waals surface area contributed by atoms with Crippen LogP contribution >= 0.6 is 0 Å². The highest BCUT2D eigenvalue weighted by molar-refractivity contribution is 5.81. The van der Waals surface area contributed by atoms with Gasteiger partial charge in [0.2, 0.25) is 5.91 Å². The predicted molar refractivity (Wildman–Crippen MR) is 71.3 cm³/mol. The Morgan fingerprint density at radius 2 is 2.22 bits per heavy atom. The van der Waals surface area contributed by atoms with Crippen LogP contribution in [0.3, 0.4) is 0 Å². The minimum Gasteiger partial charge on any atom is -0.368 e. The van der Waals surface area contributed by atoms with Crippen LogP contribution < -0.4 is 5.32 Å². The first-order valence-corrected chi connectivity index (χ1v) is 6.71. The summed E-state index contributed by atoms with van der Waals surface area (Å²) in [5.41, 5.74) is 1.32. The van der Waals surface area contributed by atoms with Gasteiger partial charge in [0.1, 0.15) is 6.10 Å². The predicted octanol–water partition coefficient (Wildman–Crippen LogP) is 2.30. The number of hydrogen-bond donors (Lipinski definition) is 1. The zero-order chi connectivity index (χ0) is 12.8. The van der Waals surface area contributed by atoms with Crippen molar-refractivity contribution in [2.45, 2.75) is 44.8 Å². The molecule has 1 amide bonds. The van der Waals surface area contributed by atoms with Gasteiger partial charge in [-0.1, -0.05) is 30.3 Å². The molecular weight excluding hydrogens is 226 g/mol. The van der Waals surface area contributed by atoms with Crippen LogP contribution in [-0.2, 0) is 16.0 Å². The van der Waals surface area contributed by atoms with Gasteiger partial charge in [0.05, 0.1) is 0 Å². The Hall–Kier alpha value is -1.35. The summed E-state index contributed by atoms with van der Waals surface area (Å²) in [6, 6.07) is 10.5. The third-order valence-corrected chi connectivity index (χ3v) is 3.32. The minimum absolute atomic E-state index is 0.0491. The number of ether oxygens (including phenoxy) is 1. The largest absolute Gasteiger partial charge is 0.368 e. The van der Waals surface area contributed by atoms with Crippen LogP contribution in [0.25, 0.3) is 0 Å². The van der Waals surface area contributed by atoms with Gasteiger partial charge >= 0.3 is 0 Å². The summed E-state index contributed by atoms with van der Waals surface area (Å²) in [6.45, 7) is 2.77. The van der Waals surface area contributed by atoms with Crippen LogP contribution in [0, 0.1) is 0 Å². The van der Waals surface area contributed by atoms with E-state index >= 15 is 0 Å². The molecule has 0 unspecified atom stereocenters. The summed E-state index contributed by atoms with van der Waals surface area (Å²) in [4.78, 5) is 11.8. The maximum atomic E-state index is 11.8. The Labute approximate surface area is 109 Å². The van der Waals surface area contributed by atoms with E-state index in [1.165, 1.54) is 5.56 Å². The molecule has 1 saturated heterocycles. The molecule has 1 aromatic rings. The number of hydrogen-bond acceptors (Lipinski definition) is 2. The van der Waals surface area contributed by atoms with E-state index in [1.54, 1.807) is 0 Å². The Morgan fingerprint density at radius 1 is 1.44 bits per heavy atom. The van der Waals surface area contributed by atoms with Gasteiger partial charge < -0.3 is 10.1 Å². The highest BCUT2D eigenvalue weighted by Gasteiger charge is 2.24. The summed E-state index contributed by atoms with van der Waals surface area (Å²) < 4.78 is 5.37. The summed E-state index contributed by atoms with van der Waals surface area (Å²) >= 11 is 0. The lowest BCUT2D eigenvalue weighted by Crippen LogP contribution is -2.39. The van der Waals surface area contributed by atoms with E-state index in [4.69, 9.17) is 4.74 Å². The standard InChI is InChI=1S/C15H21NO2/c1-12(9-10-13-6-3-2-4-7-13)16-15(17)14-8-5-11-18-14/h2-4,6-7,12,14H,5,8-11H2,1H3,(H,16,17)/t12-,14-/m1/s1. The molecule has 1 aromatic carbocycles. The highest BCUT2D eigenvalue weighted by atomic mass is 16.5. The number of aryl methyl sites for hydroxylation is 1. The van der Waals surface area contributed by atoms with Crippen molar-refractivity contribution in [2.75, 3.05) is 6.61 Å². The van der Waals surface area contributed by atoms with Gasteiger partial charge in [-0.3, -0.25) is 4.79 Å². The van der Waals surface area contributed by atoms with Gasteiger partial charge in [-0.25, -0.2) is 0 Å². The van der Waals surface area contributed by atoms with Crippen LogP contribution in [0.5, 0.6) is 0 Å². The second kappa shape index (κ2) is 6.55. The summed E-state index contributed by atoms with van der Waals surface area (Å²) in [7, 11) is 0. The lowest BCUT2D eigenvalue weighted by atomic mass is 10.1. The van der Waals surface area contributed by atoms with Crippen LogP contribution in [0.2, 0.25) is 0 Å². The fraction of sp³-hybridized carbons (Fsp3) is 0.533. The van der Waals surface area contributed by atoms with Gasteiger partial charge in [0.25, 0.3) is 0 Å². The monoisotopic (exact) mass is 247 g/mol. The van der Waals surface area contributed by atoms with E-state index < -0.39 is 0 Å².